The summed E-state index contributed by atoms with van der Waals surface area (Å²) in [5.41, 5.74) is 1.57. The van der Waals surface area contributed by atoms with E-state index in [2.05, 4.69) is 15.5 Å². The molecule has 0 aliphatic carbocycles. The maximum Gasteiger partial charge on any atom is 0.274 e. The minimum absolute atomic E-state index is 0.0878. The number of nitrogens with zero attached hydrogens (tertiary/aromatic N) is 3. The van der Waals surface area contributed by atoms with Crippen LogP contribution < -0.4 is 5.32 Å². The first-order chi connectivity index (χ1) is 11.1. The molecule has 0 radical (unpaired) electrons. The first kappa shape index (κ1) is 17.2. The molecule has 0 aliphatic heterocycles. The minimum atomic E-state index is -0.0878. The van der Waals surface area contributed by atoms with E-state index in [1.165, 1.54) is 5.56 Å². The second-order valence-corrected chi connectivity index (χ2v) is 5.52. The number of nitrogens with one attached hydrogen (secondary N) is 1. The molecule has 1 heterocycles. The third-order valence-corrected chi connectivity index (χ3v) is 3.82. The van der Waals surface area contributed by atoms with E-state index >= 15 is 0 Å². The zero-order valence-corrected chi connectivity index (χ0v) is 14.2. The highest BCUT2D eigenvalue weighted by atomic mass is 35.5. The van der Waals surface area contributed by atoms with Crippen LogP contribution in [0.5, 0.6) is 0 Å². The summed E-state index contributed by atoms with van der Waals surface area (Å²) in [7, 11) is 0. The lowest BCUT2D eigenvalue weighted by Gasteiger charge is -2.17. The minimum Gasteiger partial charge on any atom is -0.368 e. The van der Waals surface area contributed by atoms with Gasteiger partial charge in [-0.2, -0.15) is 0 Å². The quantitative estimate of drug-likeness (QED) is 0.845. The van der Waals surface area contributed by atoms with Gasteiger partial charge in [-0.25, -0.2) is 0 Å². The molecule has 6 heteroatoms. The van der Waals surface area contributed by atoms with Crippen LogP contribution in [0.2, 0.25) is 5.02 Å². The number of hydrogen-bond acceptors (Lipinski definition) is 4. The number of aromatic nitrogens is 2. The lowest BCUT2D eigenvalue weighted by Crippen LogP contribution is -2.31. The van der Waals surface area contributed by atoms with E-state index in [9.17, 15) is 4.79 Å². The average molecular weight is 333 g/mol. The average Bonchev–Trinajstić information content (AvgIpc) is 2.58. The van der Waals surface area contributed by atoms with E-state index in [0.29, 0.717) is 24.6 Å². The standard InChI is InChI=1S/C17H21ClN4O/c1-3-22(4-2)17(23)15-9-10-16(21-20-15)19-12-11-13-5-7-14(18)8-6-13/h5-10H,3-4,11-12H2,1-2H3,(H,19,21). The van der Waals surface area contributed by atoms with Crippen LogP contribution in [0, 0.1) is 0 Å². The number of anilines is 1. The molecular weight excluding hydrogens is 312 g/mol. The first-order valence-electron chi connectivity index (χ1n) is 7.75. The van der Waals surface area contributed by atoms with Crippen molar-refractivity contribution in [3.05, 3.63) is 52.7 Å². The SMILES string of the molecule is CCN(CC)C(=O)c1ccc(NCCc2ccc(Cl)cc2)nn1. The van der Waals surface area contributed by atoms with Gasteiger partial charge in [0.05, 0.1) is 0 Å². The molecule has 0 atom stereocenters. The summed E-state index contributed by atoms with van der Waals surface area (Å²) in [5, 5.41) is 12.0. The van der Waals surface area contributed by atoms with Crippen molar-refractivity contribution < 1.29 is 4.79 Å². The van der Waals surface area contributed by atoms with Crippen LogP contribution in [0.3, 0.4) is 0 Å². The Hall–Kier alpha value is -2.14. The zero-order valence-electron chi connectivity index (χ0n) is 13.4. The van der Waals surface area contributed by atoms with Gasteiger partial charge < -0.3 is 10.2 Å². The summed E-state index contributed by atoms with van der Waals surface area (Å²) in [5.74, 6) is 0.574. The summed E-state index contributed by atoms with van der Waals surface area (Å²) in [6.07, 6.45) is 0.860. The third kappa shape index (κ3) is 4.93. The molecule has 1 aromatic carbocycles. The molecular formula is C17H21ClN4O. The van der Waals surface area contributed by atoms with Crippen LogP contribution in [0.15, 0.2) is 36.4 Å². The maximum atomic E-state index is 12.1. The Bertz CT molecular complexity index is 624. The van der Waals surface area contributed by atoms with Gasteiger partial charge in [-0.3, -0.25) is 4.79 Å². The predicted octanol–water partition coefficient (Wildman–Crippen LogP) is 3.27. The molecule has 0 spiro atoms. The van der Waals surface area contributed by atoms with Gasteiger partial charge in [0.25, 0.3) is 5.91 Å². The van der Waals surface area contributed by atoms with Crippen LogP contribution in [0.25, 0.3) is 0 Å². The van der Waals surface area contributed by atoms with E-state index in [0.717, 1.165) is 18.0 Å². The molecule has 0 saturated carbocycles. The van der Waals surface area contributed by atoms with Gasteiger partial charge in [-0.05, 0) is 50.1 Å². The van der Waals surface area contributed by atoms with Crippen LogP contribution in [0.1, 0.15) is 29.9 Å². The van der Waals surface area contributed by atoms with E-state index in [1.807, 2.05) is 38.1 Å². The molecule has 0 aliphatic rings. The fourth-order valence-electron chi connectivity index (χ4n) is 2.20. The first-order valence-corrected chi connectivity index (χ1v) is 8.13. The molecule has 0 saturated heterocycles. The van der Waals surface area contributed by atoms with Crippen molar-refractivity contribution >= 4 is 23.3 Å². The summed E-state index contributed by atoms with van der Waals surface area (Å²) >= 11 is 5.86. The second-order valence-electron chi connectivity index (χ2n) is 5.08. The molecule has 122 valence electrons. The van der Waals surface area contributed by atoms with Gasteiger partial charge in [0.2, 0.25) is 0 Å². The number of halogens is 1. The topological polar surface area (TPSA) is 58.1 Å². The lowest BCUT2D eigenvalue weighted by atomic mass is 10.1. The molecule has 1 N–H and O–H groups in total. The highest BCUT2D eigenvalue weighted by Crippen LogP contribution is 2.10. The molecule has 0 fully saturated rings. The number of carbonyl (C=O) groups excluding carboxylic acids is 1. The van der Waals surface area contributed by atoms with Crippen molar-refractivity contribution in [2.24, 2.45) is 0 Å². The Balaban J connectivity index is 1.87. The van der Waals surface area contributed by atoms with E-state index in [4.69, 9.17) is 11.6 Å². The Morgan fingerprint density at radius 1 is 1.09 bits per heavy atom. The maximum absolute atomic E-state index is 12.1. The summed E-state index contributed by atoms with van der Waals surface area (Å²) in [6, 6.07) is 11.3. The van der Waals surface area contributed by atoms with Crippen molar-refractivity contribution in [2.75, 3.05) is 25.0 Å². The summed E-state index contributed by atoms with van der Waals surface area (Å²) < 4.78 is 0. The van der Waals surface area contributed by atoms with Crippen molar-refractivity contribution in [3.63, 3.8) is 0 Å². The fraction of sp³-hybridized carbons (Fsp3) is 0.353. The van der Waals surface area contributed by atoms with Gasteiger partial charge in [0, 0.05) is 24.7 Å². The van der Waals surface area contributed by atoms with Gasteiger partial charge in [0.15, 0.2) is 5.69 Å². The van der Waals surface area contributed by atoms with Gasteiger partial charge in [0.1, 0.15) is 5.82 Å². The molecule has 2 rings (SSSR count). The van der Waals surface area contributed by atoms with Crippen LogP contribution in [-0.2, 0) is 6.42 Å². The van der Waals surface area contributed by atoms with Crippen molar-refractivity contribution in [1.29, 1.82) is 0 Å². The molecule has 1 amide bonds. The zero-order chi connectivity index (χ0) is 16.7. The molecule has 0 bridgehead atoms. The number of benzene rings is 1. The molecule has 1 aromatic heterocycles. The Kier molecular flexibility index (Phi) is 6.35. The number of amides is 1. The Morgan fingerprint density at radius 3 is 2.35 bits per heavy atom. The van der Waals surface area contributed by atoms with Gasteiger partial charge >= 0.3 is 0 Å². The smallest absolute Gasteiger partial charge is 0.274 e. The number of rotatable bonds is 7. The van der Waals surface area contributed by atoms with Crippen molar-refractivity contribution in [1.82, 2.24) is 15.1 Å². The van der Waals surface area contributed by atoms with Gasteiger partial charge in [-0.15, -0.1) is 10.2 Å². The number of carbonyl (C=O) groups is 1. The highest BCUT2D eigenvalue weighted by molar-refractivity contribution is 6.30. The monoisotopic (exact) mass is 332 g/mol. The van der Waals surface area contributed by atoms with Crippen molar-refractivity contribution in [3.8, 4) is 0 Å². The molecule has 2 aromatic rings. The van der Waals surface area contributed by atoms with Crippen LogP contribution in [-0.4, -0.2) is 40.6 Å². The van der Waals surface area contributed by atoms with E-state index < -0.39 is 0 Å². The Labute approximate surface area is 141 Å². The van der Waals surface area contributed by atoms with Crippen LogP contribution >= 0.6 is 11.6 Å². The normalized spacial score (nSPS) is 10.4. The highest BCUT2D eigenvalue weighted by Gasteiger charge is 2.14. The Morgan fingerprint density at radius 2 is 1.78 bits per heavy atom. The number of hydrogen-bond donors (Lipinski definition) is 1. The molecule has 23 heavy (non-hydrogen) atoms. The van der Waals surface area contributed by atoms with Crippen LogP contribution in [0.4, 0.5) is 5.82 Å². The summed E-state index contributed by atoms with van der Waals surface area (Å²) in [4.78, 5) is 13.9. The van der Waals surface area contributed by atoms with E-state index in [-0.39, 0.29) is 5.91 Å². The van der Waals surface area contributed by atoms with E-state index in [1.54, 1.807) is 17.0 Å². The molecule has 0 unspecified atom stereocenters. The summed E-state index contributed by atoms with van der Waals surface area (Å²) in [6.45, 7) is 5.96. The lowest BCUT2D eigenvalue weighted by molar-refractivity contribution is 0.0766. The predicted molar refractivity (Wildman–Crippen MR) is 92.9 cm³/mol. The third-order valence-electron chi connectivity index (χ3n) is 3.57. The fourth-order valence-corrected chi connectivity index (χ4v) is 2.33. The van der Waals surface area contributed by atoms with Gasteiger partial charge in [-0.1, -0.05) is 23.7 Å². The second kappa shape index (κ2) is 8.48. The van der Waals surface area contributed by atoms with Crippen molar-refractivity contribution in [2.45, 2.75) is 20.3 Å². The largest absolute Gasteiger partial charge is 0.368 e. The molecule has 5 nitrogen and oxygen atoms in total.